The van der Waals surface area contributed by atoms with Crippen molar-refractivity contribution in [3.05, 3.63) is 46.8 Å². The molecule has 3 rings (SSSR count). The Kier molecular flexibility index (Phi) is 3.25. The van der Waals surface area contributed by atoms with Gasteiger partial charge in [-0.15, -0.1) is 0 Å². The van der Waals surface area contributed by atoms with Gasteiger partial charge in [-0.2, -0.15) is 0 Å². The van der Waals surface area contributed by atoms with Crippen molar-refractivity contribution in [1.29, 1.82) is 0 Å². The van der Waals surface area contributed by atoms with Gasteiger partial charge < -0.3 is 15.0 Å². The summed E-state index contributed by atoms with van der Waals surface area (Å²) in [6, 6.07) is 8.20. The van der Waals surface area contributed by atoms with Crippen LogP contribution in [0.1, 0.15) is 41.5 Å². The lowest BCUT2D eigenvalue weighted by Crippen LogP contribution is -2.17. The molecule has 2 aromatic rings. The summed E-state index contributed by atoms with van der Waals surface area (Å²) in [5.74, 6) is 1.57. The molecule has 0 aliphatic heterocycles. The Morgan fingerprint density at radius 1 is 1.42 bits per heavy atom. The molecule has 1 aromatic carbocycles. The monoisotopic (exact) mass is 258 g/mol. The van der Waals surface area contributed by atoms with Gasteiger partial charge in [-0.3, -0.25) is 0 Å². The zero-order valence-corrected chi connectivity index (χ0v) is 11.1. The molecule has 1 heterocycles. The van der Waals surface area contributed by atoms with E-state index in [4.69, 9.17) is 15.0 Å². The van der Waals surface area contributed by atoms with E-state index in [1.807, 2.05) is 19.1 Å². The maximum Gasteiger partial charge on any atom is 0.174 e. The second-order valence-electron chi connectivity index (χ2n) is 5.08. The molecule has 1 atom stereocenters. The molecule has 0 fully saturated rings. The SMILES string of the molecule is Cc1cc(COc2ccc3c(c2)C(N)CCC3)on1. The molecule has 0 spiro atoms. The minimum absolute atomic E-state index is 0.139. The fraction of sp³-hybridized carbons (Fsp3) is 0.400. The first-order chi connectivity index (χ1) is 9.22. The lowest BCUT2D eigenvalue weighted by molar-refractivity contribution is 0.248. The predicted octanol–water partition coefficient (Wildman–Crippen LogP) is 2.90. The van der Waals surface area contributed by atoms with Gasteiger partial charge in [0.15, 0.2) is 5.76 Å². The van der Waals surface area contributed by atoms with Crippen LogP contribution in [-0.4, -0.2) is 5.16 Å². The van der Waals surface area contributed by atoms with E-state index in [0.717, 1.165) is 30.0 Å². The van der Waals surface area contributed by atoms with Gasteiger partial charge in [0.1, 0.15) is 12.4 Å². The molecular weight excluding hydrogens is 240 g/mol. The van der Waals surface area contributed by atoms with Crippen molar-refractivity contribution >= 4 is 0 Å². The average Bonchev–Trinajstić information content (AvgIpc) is 2.83. The molecule has 1 unspecified atom stereocenters. The van der Waals surface area contributed by atoms with Crippen molar-refractivity contribution < 1.29 is 9.26 Å². The van der Waals surface area contributed by atoms with Crippen LogP contribution in [0.15, 0.2) is 28.8 Å². The molecule has 0 amide bonds. The molecule has 4 heteroatoms. The number of hydrogen-bond acceptors (Lipinski definition) is 4. The number of aryl methyl sites for hydroxylation is 2. The highest BCUT2D eigenvalue weighted by molar-refractivity contribution is 5.39. The lowest BCUT2D eigenvalue weighted by Gasteiger charge is -2.22. The van der Waals surface area contributed by atoms with Crippen molar-refractivity contribution in [3.63, 3.8) is 0 Å². The maximum absolute atomic E-state index is 6.14. The smallest absolute Gasteiger partial charge is 0.174 e. The largest absolute Gasteiger partial charge is 0.486 e. The van der Waals surface area contributed by atoms with Gasteiger partial charge in [0, 0.05) is 12.1 Å². The highest BCUT2D eigenvalue weighted by atomic mass is 16.5. The fourth-order valence-corrected chi connectivity index (χ4v) is 2.54. The van der Waals surface area contributed by atoms with Crippen molar-refractivity contribution in [3.8, 4) is 5.75 Å². The van der Waals surface area contributed by atoms with Crippen molar-refractivity contribution in [2.45, 2.75) is 38.8 Å². The second-order valence-corrected chi connectivity index (χ2v) is 5.08. The summed E-state index contributed by atoms with van der Waals surface area (Å²) in [5, 5.41) is 3.84. The first kappa shape index (κ1) is 12.2. The van der Waals surface area contributed by atoms with E-state index >= 15 is 0 Å². The zero-order valence-electron chi connectivity index (χ0n) is 11.1. The standard InChI is InChI=1S/C15H18N2O2/c1-10-7-13(19-17-10)9-18-12-6-5-11-3-2-4-15(16)14(11)8-12/h5-8,15H,2-4,9,16H2,1H3. The zero-order chi connectivity index (χ0) is 13.2. The van der Waals surface area contributed by atoms with Crippen LogP contribution in [0.5, 0.6) is 5.75 Å². The van der Waals surface area contributed by atoms with Crippen LogP contribution in [-0.2, 0) is 13.0 Å². The van der Waals surface area contributed by atoms with Crippen LogP contribution in [0.2, 0.25) is 0 Å². The number of ether oxygens (including phenoxy) is 1. The van der Waals surface area contributed by atoms with Crippen LogP contribution in [0.3, 0.4) is 0 Å². The minimum Gasteiger partial charge on any atom is -0.486 e. The highest BCUT2D eigenvalue weighted by Crippen LogP contribution is 2.31. The summed E-state index contributed by atoms with van der Waals surface area (Å²) in [6.07, 6.45) is 3.34. The van der Waals surface area contributed by atoms with Crippen LogP contribution in [0.25, 0.3) is 0 Å². The molecule has 1 aromatic heterocycles. The number of benzene rings is 1. The van der Waals surface area contributed by atoms with Gasteiger partial charge in [0.05, 0.1) is 5.69 Å². The predicted molar refractivity (Wildman–Crippen MR) is 71.9 cm³/mol. The summed E-state index contributed by atoms with van der Waals surface area (Å²) < 4.78 is 10.9. The highest BCUT2D eigenvalue weighted by Gasteiger charge is 2.17. The second kappa shape index (κ2) is 5.05. The van der Waals surface area contributed by atoms with Gasteiger partial charge in [-0.05, 0) is 49.4 Å². The van der Waals surface area contributed by atoms with Gasteiger partial charge in [0.25, 0.3) is 0 Å². The number of aromatic nitrogens is 1. The number of hydrogen-bond donors (Lipinski definition) is 1. The molecule has 1 aliphatic rings. The number of nitrogens with zero attached hydrogens (tertiary/aromatic N) is 1. The van der Waals surface area contributed by atoms with Crippen molar-refractivity contribution in [1.82, 2.24) is 5.16 Å². The van der Waals surface area contributed by atoms with Crippen molar-refractivity contribution in [2.24, 2.45) is 5.73 Å². The summed E-state index contributed by atoms with van der Waals surface area (Å²) >= 11 is 0. The van der Waals surface area contributed by atoms with Crippen LogP contribution in [0.4, 0.5) is 0 Å². The topological polar surface area (TPSA) is 61.3 Å². The molecule has 1 aliphatic carbocycles. The Balaban J connectivity index is 1.73. The van der Waals surface area contributed by atoms with E-state index < -0.39 is 0 Å². The van der Waals surface area contributed by atoms with Crippen LogP contribution < -0.4 is 10.5 Å². The summed E-state index contributed by atoms with van der Waals surface area (Å²) in [4.78, 5) is 0. The maximum atomic E-state index is 6.14. The number of nitrogens with two attached hydrogens (primary N) is 1. The first-order valence-electron chi connectivity index (χ1n) is 6.66. The molecule has 4 nitrogen and oxygen atoms in total. The first-order valence-corrected chi connectivity index (χ1v) is 6.66. The van der Waals surface area contributed by atoms with E-state index in [1.54, 1.807) is 0 Å². The van der Waals surface area contributed by atoms with E-state index in [9.17, 15) is 0 Å². The van der Waals surface area contributed by atoms with Crippen LogP contribution in [0, 0.1) is 6.92 Å². The minimum atomic E-state index is 0.139. The average molecular weight is 258 g/mol. The Hall–Kier alpha value is -1.81. The molecule has 2 N–H and O–H groups in total. The van der Waals surface area contributed by atoms with Gasteiger partial charge >= 0.3 is 0 Å². The van der Waals surface area contributed by atoms with Gasteiger partial charge in [0.2, 0.25) is 0 Å². The molecular formula is C15H18N2O2. The summed E-state index contributed by atoms with van der Waals surface area (Å²) in [6.45, 7) is 2.29. The molecule has 0 saturated heterocycles. The Morgan fingerprint density at radius 2 is 2.32 bits per heavy atom. The van der Waals surface area contributed by atoms with Gasteiger partial charge in [-0.25, -0.2) is 0 Å². The van der Waals surface area contributed by atoms with E-state index in [2.05, 4.69) is 17.3 Å². The quantitative estimate of drug-likeness (QED) is 0.919. The van der Waals surface area contributed by atoms with Crippen LogP contribution >= 0.6 is 0 Å². The van der Waals surface area contributed by atoms with E-state index in [1.165, 1.54) is 17.5 Å². The fourth-order valence-electron chi connectivity index (χ4n) is 2.54. The Morgan fingerprint density at radius 3 is 3.11 bits per heavy atom. The lowest BCUT2D eigenvalue weighted by atomic mass is 9.88. The molecule has 0 radical (unpaired) electrons. The van der Waals surface area contributed by atoms with Gasteiger partial charge in [-0.1, -0.05) is 11.2 Å². The third-order valence-corrected chi connectivity index (χ3v) is 3.54. The Labute approximate surface area is 112 Å². The summed E-state index contributed by atoms with van der Waals surface area (Å²) in [5.41, 5.74) is 9.58. The molecule has 0 saturated carbocycles. The van der Waals surface area contributed by atoms with Crippen molar-refractivity contribution in [2.75, 3.05) is 0 Å². The Bertz CT molecular complexity index is 577. The van der Waals surface area contributed by atoms with E-state index in [-0.39, 0.29) is 6.04 Å². The summed E-state index contributed by atoms with van der Waals surface area (Å²) in [7, 11) is 0. The number of rotatable bonds is 3. The molecule has 100 valence electrons. The third kappa shape index (κ3) is 2.63. The molecule has 0 bridgehead atoms. The number of fused-ring (bicyclic) bond motifs is 1. The van der Waals surface area contributed by atoms with E-state index in [0.29, 0.717) is 6.61 Å². The third-order valence-electron chi connectivity index (χ3n) is 3.54. The normalized spacial score (nSPS) is 18.1. The molecule has 19 heavy (non-hydrogen) atoms.